The third kappa shape index (κ3) is 1.72. The van der Waals surface area contributed by atoms with Gasteiger partial charge in [-0.3, -0.25) is 4.79 Å². The highest BCUT2D eigenvalue weighted by Crippen LogP contribution is 2.36. The van der Waals surface area contributed by atoms with Crippen molar-refractivity contribution < 1.29 is 9.90 Å². The van der Waals surface area contributed by atoms with E-state index in [-0.39, 0.29) is 6.42 Å². The second kappa shape index (κ2) is 4.14. The van der Waals surface area contributed by atoms with Crippen LogP contribution in [0, 0.1) is 0 Å². The highest BCUT2D eigenvalue weighted by atomic mass is 16.4. The van der Waals surface area contributed by atoms with Crippen molar-refractivity contribution in [1.82, 2.24) is 0 Å². The van der Waals surface area contributed by atoms with Gasteiger partial charge in [0.15, 0.2) is 0 Å². The number of carboxylic acid groups (broad SMARTS) is 1. The fraction of sp³-hybridized carbons (Fsp3) is 0.143. The molecule has 0 fully saturated rings. The van der Waals surface area contributed by atoms with Crippen molar-refractivity contribution in [2.24, 2.45) is 4.99 Å². The van der Waals surface area contributed by atoms with E-state index in [0.29, 0.717) is 6.54 Å². The predicted molar refractivity (Wildman–Crippen MR) is 71.7 cm³/mol. The normalized spacial score (nSPS) is 13.0. The summed E-state index contributed by atoms with van der Waals surface area (Å²) in [6.07, 6.45) is 1.81. The summed E-state index contributed by atoms with van der Waals surface area (Å²) in [5.41, 5.74) is 1.97. The first-order valence-electron chi connectivity index (χ1n) is 5.80. The van der Waals surface area contributed by atoms with E-state index in [1.165, 1.54) is 0 Å². The molecule has 4 nitrogen and oxygen atoms in total. The van der Waals surface area contributed by atoms with Gasteiger partial charge in [0.05, 0.1) is 24.1 Å². The summed E-state index contributed by atoms with van der Waals surface area (Å²) in [7, 11) is 0. The quantitative estimate of drug-likeness (QED) is 0.897. The van der Waals surface area contributed by atoms with Crippen molar-refractivity contribution in [2.45, 2.75) is 6.42 Å². The Balaban J connectivity index is 2.07. The highest BCUT2D eigenvalue weighted by molar-refractivity contribution is 6.09. The topological polar surface area (TPSA) is 52.9 Å². The van der Waals surface area contributed by atoms with Crippen LogP contribution in [0.15, 0.2) is 41.4 Å². The molecule has 0 saturated carbocycles. The number of hydrogen-bond donors (Lipinski definition) is 1. The zero-order valence-electron chi connectivity index (χ0n) is 9.71. The molecule has 4 heteroatoms. The number of rotatable bonds is 3. The smallest absolute Gasteiger partial charge is 0.305 e. The standard InChI is InChI=1S/C14H12N2O2/c17-13(18)7-8-16-9-15-11-5-1-3-10-4-2-6-12(16)14(10)11/h1-6,9H,7-8H2,(H,17,18). The first-order chi connectivity index (χ1) is 8.75. The van der Waals surface area contributed by atoms with Crippen LogP contribution < -0.4 is 4.90 Å². The molecule has 1 heterocycles. The zero-order chi connectivity index (χ0) is 12.5. The molecule has 3 rings (SSSR count). The molecule has 1 N–H and O–H groups in total. The van der Waals surface area contributed by atoms with E-state index < -0.39 is 5.97 Å². The molecule has 2 aromatic carbocycles. The summed E-state index contributed by atoms with van der Waals surface area (Å²) < 4.78 is 0. The third-order valence-electron chi connectivity index (χ3n) is 3.07. The van der Waals surface area contributed by atoms with Crippen LogP contribution in [-0.2, 0) is 4.79 Å². The average molecular weight is 240 g/mol. The van der Waals surface area contributed by atoms with Crippen LogP contribution in [0.25, 0.3) is 10.8 Å². The number of benzene rings is 2. The molecule has 90 valence electrons. The Hall–Kier alpha value is -2.36. The molecule has 0 bridgehead atoms. The molecule has 2 aromatic rings. The lowest BCUT2D eigenvalue weighted by atomic mass is 10.1. The minimum absolute atomic E-state index is 0.102. The molecule has 18 heavy (non-hydrogen) atoms. The molecule has 0 aromatic heterocycles. The summed E-state index contributed by atoms with van der Waals surface area (Å²) in [6.45, 7) is 0.437. The first kappa shape index (κ1) is 10.8. The van der Waals surface area contributed by atoms with E-state index in [4.69, 9.17) is 5.11 Å². The van der Waals surface area contributed by atoms with E-state index in [2.05, 4.69) is 4.99 Å². The summed E-state index contributed by atoms with van der Waals surface area (Å²) in [6, 6.07) is 12.0. The van der Waals surface area contributed by atoms with E-state index in [9.17, 15) is 4.79 Å². The van der Waals surface area contributed by atoms with Crippen molar-refractivity contribution >= 4 is 34.5 Å². The minimum atomic E-state index is -0.797. The molecule has 0 saturated heterocycles. The van der Waals surface area contributed by atoms with Crippen LogP contribution in [0.1, 0.15) is 6.42 Å². The van der Waals surface area contributed by atoms with Gasteiger partial charge in [-0.2, -0.15) is 0 Å². The monoisotopic (exact) mass is 240 g/mol. The van der Waals surface area contributed by atoms with E-state index in [1.54, 1.807) is 6.34 Å². The lowest BCUT2D eigenvalue weighted by Crippen LogP contribution is -2.25. The van der Waals surface area contributed by atoms with Crippen LogP contribution in [0.3, 0.4) is 0 Å². The minimum Gasteiger partial charge on any atom is -0.481 e. The van der Waals surface area contributed by atoms with Gasteiger partial charge in [0, 0.05) is 11.9 Å². The molecule has 0 aliphatic carbocycles. The van der Waals surface area contributed by atoms with Crippen molar-refractivity contribution in [2.75, 3.05) is 11.4 Å². The Morgan fingerprint density at radius 1 is 1.22 bits per heavy atom. The van der Waals surface area contributed by atoms with E-state index in [1.807, 2.05) is 41.3 Å². The second-order valence-corrected chi connectivity index (χ2v) is 4.23. The van der Waals surface area contributed by atoms with Gasteiger partial charge in [-0.1, -0.05) is 24.3 Å². The average Bonchev–Trinajstić information content (AvgIpc) is 2.38. The number of hydrogen-bond acceptors (Lipinski definition) is 3. The number of aliphatic carboxylic acids is 1. The molecule has 0 amide bonds. The maximum absolute atomic E-state index is 10.7. The van der Waals surface area contributed by atoms with Crippen molar-refractivity contribution in [1.29, 1.82) is 0 Å². The second-order valence-electron chi connectivity index (χ2n) is 4.23. The fourth-order valence-electron chi connectivity index (χ4n) is 2.24. The lowest BCUT2D eigenvalue weighted by Gasteiger charge is -2.24. The van der Waals surface area contributed by atoms with Gasteiger partial charge in [0.2, 0.25) is 0 Å². The lowest BCUT2D eigenvalue weighted by molar-refractivity contribution is -0.136. The van der Waals surface area contributed by atoms with Crippen molar-refractivity contribution in [3.05, 3.63) is 36.4 Å². The van der Waals surface area contributed by atoms with Crippen molar-refractivity contribution in [3.8, 4) is 0 Å². The molecule has 1 aliphatic rings. The number of anilines is 1. The van der Waals surface area contributed by atoms with Crippen LogP contribution in [0.2, 0.25) is 0 Å². The first-order valence-corrected chi connectivity index (χ1v) is 5.80. The number of carbonyl (C=O) groups is 1. The number of carboxylic acids is 1. The maximum atomic E-state index is 10.7. The molecular weight excluding hydrogens is 228 g/mol. The van der Waals surface area contributed by atoms with Gasteiger partial charge in [-0.25, -0.2) is 4.99 Å². The fourth-order valence-corrected chi connectivity index (χ4v) is 2.24. The molecule has 0 spiro atoms. The van der Waals surface area contributed by atoms with Crippen LogP contribution >= 0.6 is 0 Å². The summed E-state index contributed by atoms with van der Waals surface area (Å²) in [5, 5.41) is 11.0. The van der Waals surface area contributed by atoms with Gasteiger partial charge in [0.1, 0.15) is 0 Å². The summed E-state index contributed by atoms with van der Waals surface area (Å²) >= 11 is 0. The predicted octanol–water partition coefficient (Wildman–Crippen LogP) is 2.79. The summed E-state index contributed by atoms with van der Waals surface area (Å²) in [4.78, 5) is 16.9. The Morgan fingerprint density at radius 3 is 2.78 bits per heavy atom. The van der Waals surface area contributed by atoms with E-state index >= 15 is 0 Å². The van der Waals surface area contributed by atoms with Gasteiger partial charge >= 0.3 is 5.97 Å². The Labute approximate surface area is 104 Å². The zero-order valence-corrected chi connectivity index (χ0v) is 9.71. The largest absolute Gasteiger partial charge is 0.481 e. The molecular formula is C14H12N2O2. The van der Waals surface area contributed by atoms with E-state index in [0.717, 1.165) is 22.1 Å². The van der Waals surface area contributed by atoms with Crippen LogP contribution in [-0.4, -0.2) is 24.0 Å². The van der Waals surface area contributed by atoms with Crippen LogP contribution in [0.5, 0.6) is 0 Å². The molecule has 0 unspecified atom stereocenters. The molecule has 0 radical (unpaired) electrons. The van der Waals surface area contributed by atoms with Gasteiger partial charge in [-0.05, 0) is 17.5 Å². The Kier molecular flexibility index (Phi) is 2.48. The summed E-state index contributed by atoms with van der Waals surface area (Å²) in [5.74, 6) is -0.797. The molecule has 1 aliphatic heterocycles. The van der Waals surface area contributed by atoms with Gasteiger partial charge in [-0.15, -0.1) is 0 Å². The SMILES string of the molecule is O=C(O)CCN1C=Nc2cccc3cccc1c23. The Morgan fingerprint density at radius 2 is 2.00 bits per heavy atom. The number of aliphatic imine (C=N–C) groups is 1. The molecule has 0 atom stereocenters. The van der Waals surface area contributed by atoms with Crippen molar-refractivity contribution in [3.63, 3.8) is 0 Å². The van der Waals surface area contributed by atoms with Gasteiger partial charge < -0.3 is 10.0 Å². The number of nitrogens with zero attached hydrogens (tertiary/aromatic N) is 2. The Bertz CT molecular complexity index is 644. The van der Waals surface area contributed by atoms with Crippen LogP contribution in [0.4, 0.5) is 11.4 Å². The third-order valence-corrected chi connectivity index (χ3v) is 3.07. The maximum Gasteiger partial charge on any atom is 0.305 e. The van der Waals surface area contributed by atoms with Gasteiger partial charge in [0.25, 0.3) is 0 Å². The highest BCUT2D eigenvalue weighted by Gasteiger charge is 2.15.